The van der Waals surface area contributed by atoms with Gasteiger partial charge in [0.1, 0.15) is 0 Å². The van der Waals surface area contributed by atoms with E-state index in [2.05, 4.69) is 5.73 Å². The van der Waals surface area contributed by atoms with Crippen LogP contribution in [0.5, 0.6) is 0 Å². The van der Waals surface area contributed by atoms with Crippen molar-refractivity contribution in [3.05, 3.63) is 0 Å². The molecule has 0 saturated heterocycles. The molecule has 0 atom stereocenters. The fraction of sp³-hybridized carbons (Fsp3) is 1.00. The Labute approximate surface area is 105 Å². The summed E-state index contributed by atoms with van der Waals surface area (Å²) in [5.74, 6) is 0. The Morgan fingerprint density at radius 3 is 1.10 bits per heavy atom. The van der Waals surface area contributed by atoms with Crippen molar-refractivity contribution in [2.24, 2.45) is 5.73 Å². The van der Waals surface area contributed by atoms with Crippen LogP contribution in [-0.4, -0.2) is 5.52 Å². The molecular formula is CH5NNa2O4P2. The van der Waals surface area contributed by atoms with Crippen molar-refractivity contribution in [1.29, 1.82) is 0 Å². The van der Waals surface area contributed by atoms with Crippen molar-refractivity contribution in [2.75, 3.05) is 0 Å². The van der Waals surface area contributed by atoms with Gasteiger partial charge in [0.15, 0.2) is 5.52 Å². The maximum absolute atomic E-state index is 9.72. The smallest absolute Gasteiger partial charge is 0.681 e. The first kappa shape index (κ1) is 18.4. The molecular weight excluding hydrogens is 198 g/mol. The zero-order valence-corrected chi connectivity index (χ0v) is 11.8. The summed E-state index contributed by atoms with van der Waals surface area (Å²) in [5, 5.41) is 0. The summed E-state index contributed by atoms with van der Waals surface area (Å²) in [7, 11) is -6.63. The van der Waals surface area contributed by atoms with Crippen LogP contribution in [0, 0.1) is 0 Å². The molecule has 10 heavy (non-hydrogen) atoms. The van der Waals surface area contributed by atoms with Crippen molar-refractivity contribution in [3.8, 4) is 0 Å². The maximum Gasteiger partial charge on any atom is 1.00 e. The predicted molar refractivity (Wildman–Crippen MR) is 24.6 cm³/mol. The quantitative estimate of drug-likeness (QED) is 0.353. The van der Waals surface area contributed by atoms with E-state index in [9.17, 15) is 19.6 Å². The second-order valence-electron chi connectivity index (χ2n) is 1.12. The fourth-order valence-corrected chi connectivity index (χ4v) is 0.866. The third-order valence-corrected chi connectivity index (χ3v) is 2.94. The summed E-state index contributed by atoms with van der Waals surface area (Å²) in [6, 6.07) is 0. The van der Waals surface area contributed by atoms with Crippen LogP contribution in [0.25, 0.3) is 0 Å². The van der Waals surface area contributed by atoms with Gasteiger partial charge in [-0.2, -0.15) is 0 Å². The van der Waals surface area contributed by atoms with Crippen LogP contribution in [-0.2, 0) is 0 Å². The van der Waals surface area contributed by atoms with Crippen LogP contribution in [0.1, 0.15) is 0 Å². The molecule has 0 amide bonds. The first-order valence-electron chi connectivity index (χ1n) is 1.73. The summed E-state index contributed by atoms with van der Waals surface area (Å²) in [5.41, 5.74) is 2.95. The molecule has 0 rings (SSSR count). The van der Waals surface area contributed by atoms with Crippen LogP contribution in [0.2, 0.25) is 0 Å². The first-order chi connectivity index (χ1) is 3.55. The summed E-state index contributed by atoms with van der Waals surface area (Å²) in [6.07, 6.45) is 0. The van der Waals surface area contributed by atoms with Crippen LogP contribution in [0.3, 0.4) is 0 Å². The SMILES string of the molecule is NC([PH+]([O-])[O-])[PH+]([O-])[O-].[Na+].[Na+]. The van der Waals surface area contributed by atoms with Crippen molar-refractivity contribution in [3.63, 3.8) is 0 Å². The number of rotatable bonds is 2. The fourth-order valence-electron chi connectivity index (χ4n) is 0.0962. The molecule has 0 aliphatic rings. The Kier molecular flexibility index (Phi) is 18.0. The van der Waals surface area contributed by atoms with E-state index in [0.29, 0.717) is 0 Å². The van der Waals surface area contributed by atoms with Crippen molar-refractivity contribution >= 4 is 16.8 Å². The standard InChI is InChI=1S/CH5NO4P2.2Na/c2-1(7(3)4)8(5)6;;/h1,7-8H,2H2;;/q-2;2*+1. The second-order valence-corrected chi connectivity index (χ2v) is 4.21. The Balaban J connectivity index is -0.000000245. The van der Waals surface area contributed by atoms with Gasteiger partial charge < -0.3 is 19.6 Å². The van der Waals surface area contributed by atoms with Gasteiger partial charge in [-0.1, -0.05) is 16.8 Å². The van der Waals surface area contributed by atoms with Crippen molar-refractivity contribution < 1.29 is 78.7 Å². The van der Waals surface area contributed by atoms with E-state index < -0.39 is 22.3 Å². The molecule has 0 aliphatic heterocycles. The molecule has 0 aromatic carbocycles. The molecule has 0 radical (unpaired) electrons. The summed E-state index contributed by atoms with van der Waals surface area (Å²) >= 11 is 0. The first-order valence-corrected chi connectivity index (χ1v) is 4.51. The minimum atomic E-state index is -3.31. The van der Waals surface area contributed by atoms with Crippen LogP contribution < -0.4 is 84.4 Å². The minimum Gasteiger partial charge on any atom is -0.681 e. The van der Waals surface area contributed by atoms with Crippen LogP contribution in [0.4, 0.5) is 0 Å². The van der Waals surface area contributed by atoms with Gasteiger partial charge in [0.25, 0.3) is 0 Å². The zero-order valence-electron chi connectivity index (χ0n) is 5.79. The molecule has 5 nitrogen and oxygen atoms in total. The molecule has 2 N–H and O–H groups in total. The molecule has 0 heterocycles. The Morgan fingerprint density at radius 1 is 0.900 bits per heavy atom. The Hall–Kier alpha value is 2.66. The molecule has 0 bridgehead atoms. The molecule has 0 aromatic rings. The van der Waals surface area contributed by atoms with Crippen LogP contribution >= 0.6 is 16.8 Å². The monoisotopic (exact) mass is 203 g/mol. The van der Waals surface area contributed by atoms with Gasteiger partial charge in [0.2, 0.25) is 0 Å². The van der Waals surface area contributed by atoms with E-state index in [0.717, 1.165) is 0 Å². The third kappa shape index (κ3) is 8.75. The summed E-state index contributed by atoms with van der Waals surface area (Å²) in [4.78, 5) is 38.9. The minimum absolute atomic E-state index is 0. The normalized spacial score (nSPS) is 9.60. The summed E-state index contributed by atoms with van der Waals surface area (Å²) in [6.45, 7) is 0. The molecule has 0 spiro atoms. The van der Waals surface area contributed by atoms with E-state index >= 15 is 0 Å². The molecule has 0 saturated carbocycles. The van der Waals surface area contributed by atoms with Gasteiger partial charge in [-0.25, -0.2) is 0 Å². The predicted octanol–water partition coefficient (Wildman–Crippen LogP) is -10.2. The molecule has 9 heteroatoms. The second kappa shape index (κ2) is 9.75. The van der Waals surface area contributed by atoms with Gasteiger partial charge in [0, 0.05) is 0 Å². The third-order valence-electron chi connectivity index (χ3n) is 0.508. The zero-order chi connectivity index (χ0) is 6.73. The topological polar surface area (TPSA) is 118 Å². The average molecular weight is 203 g/mol. The average Bonchev–Trinajstić information content (AvgIpc) is 1.64. The summed E-state index contributed by atoms with van der Waals surface area (Å²) < 4.78 is 0. The Morgan fingerprint density at radius 2 is 1.10 bits per heavy atom. The number of nitrogens with two attached hydrogens (primary N) is 1. The van der Waals surface area contributed by atoms with Crippen molar-refractivity contribution in [1.82, 2.24) is 0 Å². The van der Waals surface area contributed by atoms with Gasteiger partial charge in [0.05, 0.1) is 0 Å². The van der Waals surface area contributed by atoms with Gasteiger partial charge in [-0.05, 0) is 0 Å². The van der Waals surface area contributed by atoms with Crippen LogP contribution in [0.15, 0.2) is 0 Å². The van der Waals surface area contributed by atoms with Gasteiger partial charge in [-0.15, -0.1) is 0 Å². The molecule has 0 unspecified atom stereocenters. The van der Waals surface area contributed by atoms with E-state index in [1.54, 1.807) is 0 Å². The number of hydrogen-bond donors (Lipinski definition) is 1. The van der Waals surface area contributed by atoms with Gasteiger partial charge >= 0.3 is 59.1 Å². The van der Waals surface area contributed by atoms with E-state index in [1.807, 2.05) is 0 Å². The molecule has 0 fully saturated rings. The number of hydrogen-bond acceptors (Lipinski definition) is 5. The van der Waals surface area contributed by atoms with E-state index in [1.165, 1.54) is 0 Å². The molecule has 50 valence electrons. The van der Waals surface area contributed by atoms with Gasteiger partial charge in [-0.3, -0.25) is 5.73 Å². The molecule has 0 aromatic heterocycles. The van der Waals surface area contributed by atoms with E-state index in [4.69, 9.17) is 0 Å². The maximum atomic E-state index is 9.72. The van der Waals surface area contributed by atoms with Crippen molar-refractivity contribution in [2.45, 2.75) is 5.52 Å². The van der Waals surface area contributed by atoms with E-state index in [-0.39, 0.29) is 59.1 Å². The largest absolute Gasteiger partial charge is 1.00 e. The Bertz CT molecular complexity index is 66.3. The molecule has 0 aliphatic carbocycles.